The number of rotatable bonds is 6. The summed E-state index contributed by atoms with van der Waals surface area (Å²) in [5, 5.41) is 0. The smallest absolute Gasteiger partial charge is 0.246 e. The fraction of sp³-hybridized carbons (Fsp3) is 0.381. The fourth-order valence-corrected chi connectivity index (χ4v) is 4.82. The highest BCUT2D eigenvalue weighted by Crippen LogP contribution is 2.26. The second-order valence-corrected chi connectivity index (χ2v) is 9.06. The molecule has 0 aromatic heterocycles. The average Bonchev–Trinajstić information content (AvgIpc) is 2.74. The number of para-hydroxylation sites is 1. The molecule has 3 rings (SSSR count). The Labute approximate surface area is 176 Å². The van der Waals surface area contributed by atoms with Crippen molar-refractivity contribution in [2.75, 3.05) is 48.7 Å². The minimum Gasteiger partial charge on any atom is -0.497 e. The zero-order valence-corrected chi connectivity index (χ0v) is 18.1. The molecule has 1 aliphatic rings. The molecule has 0 bridgehead atoms. The van der Waals surface area contributed by atoms with Gasteiger partial charge in [0.15, 0.2) is 0 Å². The van der Waals surface area contributed by atoms with Crippen molar-refractivity contribution in [3.63, 3.8) is 0 Å². The van der Waals surface area contributed by atoms with E-state index in [-0.39, 0.29) is 11.6 Å². The second kappa shape index (κ2) is 8.91. The maximum atomic E-state index is 14.3. The normalized spacial score (nSPS) is 15.6. The Morgan fingerprint density at radius 3 is 2.20 bits per heavy atom. The number of benzene rings is 2. The highest BCUT2D eigenvalue weighted by atomic mass is 32.2. The average molecular weight is 436 g/mol. The van der Waals surface area contributed by atoms with Gasteiger partial charge in [0.2, 0.25) is 15.9 Å². The molecular weight excluding hydrogens is 409 g/mol. The van der Waals surface area contributed by atoms with Gasteiger partial charge in [-0.05, 0) is 43.3 Å². The topological polar surface area (TPSA) is 70.2 Å². The minimum atomic E-state index is -3.86. The summed E-state index contributed by atoms with van der Waals surface area (Å²) in [4.78, 5) is 16.8. The van der Waals surface area contributed by atoms with Crippen LogP contribution in [0.2, 0.25) is 0 Å². The summed E-state index contributed by atoms with van der Waals surface area (Å²) in [7, 11) is -2.25. The van der Waals surface area contributed by atoms with Gasteiger partial charge in [-0.25, -0.2) is 12.8 Å². The number of hydrogen-bond donors (Lipinski definition) is 0. The maximum absolute atomic E-state index is 14.3. The minimum absolute atomic E-state index is 0.127. The Morgan fingerprint density at radius 1 is 1.07 bits per heavy atom. The molecule has 0 radical (unpaired) electrons. The summed E-state index contributed by atoms with van der Waals surface area (Å²) in [5.74, 6) is -0.264. The number of ether oxygens (including phenoxy) is 1. The van der Waals surface area contributed by atoms with E-state index < -0.39 is 21.9 Å². The van der Waals surface area contributed by atoms with Gasteiger partial charge in [0.25, 0.3) is 0 Å². The van der Waals surface area contributed by atoms with E-state index in [0.29, 0.717) is 26.2 Å². The number of anilines is 2. The molecule has 30 heavy (non-hydrogen) atoms. The van der Waals surface area contributed by atoms with E-state index in [9.17, 15) is 17.6 Å². The van der Waals surface area contributed by atoms with Gasteiger partial charge < -0.3 is 14.5 Å². The Hall–Kier alpha value is -2.81. The SMILES string of the molecule is COc1ccc(N2CCN(C(=O)[C@H](C)N(c3ccccc3F)S(C)(=O)=O)CC2)cc1. The third kappa shape index (κ3) is 4.67. The highest BCUT2D eigenvalue weighted by Gasteiger charge is 2.34. The van der Waals surface area contributed by atoms with Crippen molar-refractivity contribution in [2.24, 2.45) is 0 Å². The van der Waals surface area contributed by atoms with Gasteiger partial charge in [-0.3, -0.25) is 9.10 Å². The number of hydrogen-bond acceptors (Lipinski definition) is 5. The molecule has 0 aliphatic carbocycles. The van der Waals surface area contributed by atoms with E-state index in [4.69, 9.17) is 4.74 Å². The zero-order chi connectivity index (χ0) is 21.9. The van der Waals surface area contributed by atoms with Gasteiger partial charge in [-0.1, -0.05) is 12.1 Å². The molecule has 1 fully saturated rings. The van der Waals surface area contributed by atoms with E-state index in [1.165, 1.54) is 25.1 Å². The fourth-order valence-electron chi connectivity index (χ4n) is 3.65. The third-order valence-electron chi connectivity index (χ3n) is 5.19. The number of carbonyl (C=O) groups excluding carboxylic acids is 1. The summed E-state index contributed by atoms with van der Waals surface area (Å²) in [6.07, 6.45) is 0.977. The number of methoxy groups -OCH3 is 1. The summed E-state index contributed by atoms with van der Waals surface area (Å²) in [6.45, 7) is 3.62. The van der Waals surface area contributed by atoms with Crippen molar-refractivity contribution >= 4 is 27.3 Å². The Bertz CT molecular complexity index is 990. The van der Waals surface area contributed by atoms with Gasteiger partial charge >= 0.3 is 0 Å². The molecule has 1 heterocycles. The molecule has 7 nitrogen and oxygen atoms in total. The molecule has 1 amide bonds. The van der Waals surface area contributed by atoms with Crippen LogP contribution in [0.5, 0.6) is 5.75 Å². The summed E-state index contributed by atoms with van der Waals surface area (Å²) in [6, 6.07) is 12.2. The number of carbonyl (C=O) groups is 1. The molecule has 9 heteroatoms. The van der Waals surface area contributed by atoms with Crippen LogP contribution in [0.3, 0.4) is 0 Å². The molecule has 0 unspecified atom stereocenters. The van der Waals surface area contributed by atoms with E-state index in [2.05, 4.69) is 4.90 Å². The summed E-state index contributed by atoms with van der Waals surface area (Å²) < 4.78 is 45.1. The van der Waals surface area contributed by atoms with Crippen molar-refractivity contribution < 1.29 is 22.3 Å². The van der Waals surface area contributed by atoms with Crippen molar-refractivity contribution in [2.45, 2.75) is 13.0 Å². The number of sulfonamides is 1. The molecule has 0 saturated carbocycles. The Morgan fingerprint density at radius 2 is 1.67 bits per heavy atom. The predicted octanol–water partition coefficient (Wildman–Crippen LogP) is 2.34. The van der Waals surface area contributed by atoms with Crippen LogP contribution in [0.1, 0.15) is 6.92 Å². The van der Waals surface area contributed by atoms with Crippen molar-refractivity contribution in [3.05, 3.63) is 54.3 Å². The Kier molecular flexibility index (Phi) is 6.50. The van der Waals surface area contributed by atoms with E-state index in [1.807, 2.05) is 24.3 Å². The molecule has 2 aromatic carbocycles. The van der Waals surface area contributed by atoms with Crippen molar-refractivity contribution in [1.29, 1.82) is 0 Å². The van der Waals surface area contributed by atoms with Crippen LogP contribution in [-0.4, -0.2) is 64.8 Å². The molecule has 162 valence electrons. The van der Waals surface area contributed by atoms with Gasteiger partial charge in [0.1, 0.15) is 17.6 Å². The molecule has 1 atom stereocenters. The monoisotopic (exact) mass is 435 g/mol. The largest absolute Gasteiger partial charge is 0.497 e. The number of halogens is 1. The van der Waals surface area contributed by atoms with E-state index >= 15 is 0 Å². The number of piperazine rings is 1. The number of nitrogens with zero attached hydrogens (tertiary/aromatic N) is 3. The van der Waals surface area contributed by atoms with Crippen molar-refractivity contribution in [1.82, 2.24) is 4.90 Å². The van der Waals surface area contributed by atoms with Crippen LogP contribution in [0, 0.1) is 5.82 Å². The first-order valence-electron chi connectivity index (χ1n) is 9.64. The third-order valence-corrected chi connectivity index (χ3v) is 6.41. The molecule has 0 spiro atoms. The molecule has 1 aliphatic heterocycles. The molecule has 0 N–H and O–H groups in total. The highest BCUT2D eigenvalue weighted by molar-refractivity contribution is 7.92. The lowest BCUT2D eigenvalue weighted by Gasteiger charge is -2.39. The molecular formula is C21H26FN3O4S. The van der Waals surface area contributed by atoms with Crippen molar-refractivity contribution in [3.8, 4) is 5.75 Å². The maximum Gasteiger partial charge on any atom is 0.246 e. The second-order valence-electron chi connectivity index (χ2n) is 7.20. The van der Waals surface area contributed by atoms with E-state index in [1.54, 1.807) is 18.1 Å². The van der Waals surface area contributed by atoms with Crippen LogP contribution in [0.4, 0.5) is 15.8 Å². The molecule has 2 aromatic rings. The lowest BCUT2D eigenvalue weighted by atomic mass is 10.2. The first-order chi connectivity index (χ1) is 14.2. The van der Waals surface area contributed by atoms with Crippen LogP contribution < -0.4 is 13.9 Å². The summed E-state index contributed by atoms with van der Waals surface area (Å²) in [5.41, 5.74) is 0.901. The lowest BCUT2D eigenvalue weighted by molar-refractivity contribution is -0.132. The van der Waals surface area contributed by atoms with Gasteiger partial charge in [-0.15, -0.1) is 0 Å². The Balaban J connectivity index is 1.72. The van der Waals surface area contributed by atoms with Crippen LogP contribution >= 0.6 is 0 Å². The van der Waals surface area contributed by atoms with Gasteiger partial charge in [-0.2, -0.15) is 0 Å². The number of amides is 1. The van der Waals surface area contributed by atoms with Crippen LogP contribution in [0.15, 0.2) is 48.5 Å². The predicted molar refractivity (Wildman–Crippen MR) is 115 cm³/mol. The quantitative estimate of drug-likeness (QED) is 0.697. The zero-order valence-electron chi connectivity index (χ0n) is 17.3. The molecule has 1 saturated heterocycles. The van der Waals surface area contributed by atoms with E-state index in [0.717, 1.165) is 22.0 Å². The van der Waals surface area contributed by atoms with Crippen LogP contribution in [-0.2, 0) is 14.8 Å². The summed E-state index contributed by atoms with van der Waals surface area (Å²) >= 11 is 0. The first-order valence-corrected chi connectivity index (χ1v) is 11.5. The van der Waals surface area contributed by atoms with Crippen LogP contribution in [0.25, 0.3) is 0 Å². The first kappa shape index (κ1) is 21.9. The standard InChI is InChI=1S/C21H26FN3O4S/c1-16(25(30(3,27)28)20-7-5-4-6-19(20)22)21(26)24-14-12-23(13-15-24)17-8-10-18(29-2)11-9-17/h4-11,16H,12-15H2,1-3H3/t16-/m0/s1. The van der Waals surface area contributed by atoms with Gasteiger partial charge in [0.05, 0.1) is 19.1 Å². The van der Waals surface area contributed by atoms with Gasteiger partial charge in [0, 0.05) is 31.9 Å². The lowest BCUT2D eigenvalue weighted by Crippen LogP contribution is -2.55.